The van der Waals surface area contributed by atoms with Crippen molar-refractivity contribution >= 4 is 0 Å². The predicted molar refractivity (Wildman–Crippen MR) is 76.3 cm³/mol. The Labute approximate surface area is 108 Å². The molecule has 0 radical (unpaired) electrons. The molecule has 0 aromatic carbocycles. The molecule has 2 heteroatoms. The normalized spacial score (nSPS) is 28.6. The van der Waals surface area contributed by atoms with Crippen LogP contribution in [0.15, 0.2) is 0 Å². The van der Waals surface area contributed by atoms with Crippen LogP contribution >= 0.6 is 0 Å². The molecule has 0 saturated carbocycles. The van der Waals surface area contributed by atoms with Gasteiger partial charge < -0.3 is 10.2 Å². The van der Waals surface area contributed by atoms with Gasteiger partial charge in [-0.3, -0.25) is 0 Å². The highest BCUT2D eigenvalue weighted by molar-refractivity contribution is 4.87. The maximum absolute atomic E-state index is 3.64. The van der Waals surface area contributed by atoms with Crippen molar-refractivity contribution in [1.82, 2.24) is 10.2 Å². The molecule has 2 nitrogen and oxygen atoms in total. The van der Waals surface area contributed by atoms with Crippen molar-refractivity contribution in [3.05, 3.63) is 0 Å². The molecule has 0 amide bonds. The Balaban J connectivity index is 2.43. The molecule has 0 aromatic heterocycles. The summed E-state index contributed by atoms with van der Waals surface area (Å²) in [6.07, 6.45) is 1.22. The molecule has 1 aliphatic rings. The Morgan fingerprint density at radius 2 is 1.76 bits per heavy atom. The van der Waals surface area contributed by atoms with Gasteiger partial charge in [0.2, 0.25) is 0 Å². The lowest BCUT2D eigenvalue weighted by Gasteiger charge is -2.36. The predicted octanol–water partition coefficient (Wildman–Crippen LogP) is 2.99. The molecule has 3 unspecified atom stereocenters. The van der Waals surface area contributed by atoms with Gasteiger partial charge in [0.1, 0.15) is 0 Å². The van der Waals surface area contributed by atoms with E-state index in [1.165, 1.54) is 26.1 Å². The maximum Gasteiger partial charge on any atom is 0.0102 e. The molecule has 1 N–H and O–H groups in total. The van der Waals surface area contributed by atoms with Gasteiger partial charge in [-0.05, 0) is 37.1 Å². The molecule has 17 heavy (non-hydrogen) atoms. The van der Waals surface area contributed by atoms with Crippen LogP contribution < -0.4 is 5.32 Å². The van der Waals surface area contributed by atoms with Crippen LogP contribution in [0.5, 0.6) is 0 Å². The molecular weight excluding hydrogens is 208 g/mol. The van der Waals surface area contributed by atoms with Crippen LogP contribution in [-0.2, 0) is 0 Å². The van der Waals surface area contributed by atoms with E-state index >= 15 is 0 Å². The van der Waals surface area contributed by atoms with Crippen LogP contribution in [0.3, 0.4) is 0 Å². The lowest BCUT2D eigenvalue weighted by molar-refractivity contribution is 0.159. The molecule has 1 saturated heterocycles. The van der Waals surface area contributed by atoms with Gasteiger partial charge in [-0.1, -0.05) is 34.6 Å². The summed E-state index contributed by atoms with van der Waals surface area (Å²) in [7, 11) is 0. The highest BCUT2D eigenvalue weighted by Crippen LogP contribution is 2.28. The molecule has 1 aliphatic heterocycles. The number of nitrogens with one attached hydrogen (secondary N) is 1. The van der Waals surface area contributed by atoms with Gasteiger partial charge >= 0.3 is 0 Å². The highest BCUT2D eigenvalue weighted by Gasteiger charge is 2.33. The Morgan fingerprint density at radius 1 is 1.24 bits per heavy atom. The van der Waals surface area contributed by atoms with Crippen molar-refractivity contribution in [2.45, 2.75) is 54.0 Å². The molecule has 0 spiro atoms. The maximum atomic E-state index is 3.64. The first-order valence-corrected chi connectivity index (χ1v) is 7.32. The summed E-state index contributed by atoms with van der Waals surface area (Å²) in [5, 5.41) is 3.64. The SMILES string of the molecule is CCCNC(C)C(C)(C)CN1CC(C)C(C)C1. The Bertz CT molecular complexity index is 215. The molecule has 0 aliphatic carbocycles. The van der Waals surface area contributed by atoms with Gasteiger partial charge in [0.05, 0.1) is 0 Å². The quantitative estimate of drug-likeness (QED) is 0.768. The number of hydrogen-bond donors (Lipinski definition) is 1. The second-order valence-corrected chi connectivity index (χ2v) is 6.81. The van der Waals surface area contributed by atoms with Crippen LogP contribution in [0, 0.1) is 17.3 Å². The largest absolute Gasteiger partial charge is 0.314 e. The van der Waals surface area contributed by atoms with Crippen molar-refractivity contribution in [2.24, 2.45) is 17.3 Å². The number of rotatable bonds is 6. The van der Waals surface area contributed by atoms with Crippen molar-refractivity contribution in [3.8, 4) is 0 Å². The number of hydrogen-bond acceptors (Lipinski definition) is 2. The van der Waals surface area contributed by atoms with E-state index in [4.69, 9.17) is 0 Å². The Hall–Kier alpha value is -0.0800. The fraction of sp³-hybridized carbons (Fsp3) is 1.00. The standard InChI is InChI=1S/C15H32N2/c1-7-8-16-14(4)15(5,6)11-17-9-12(2)13(3)10-17/h12-14,16H,7-11H2,1-6H3. The molecule has 3 atom stereocenters. The van der Waals surface area contributed by atoms with Gasteiger partial charge in [0, 0.05) is 25.7 Å². The second kappa shape index (κ2) is 6.19. The first-order chi connectivity index (χ1) is 7.86. The minimum atomic E-state index is 0.360. The topological polar surface area (TPSA) is 15.3 Å². The summed E-state index contributed by atoms with van der Waals surface area (Å²) in [4.78, 5) is 2.65. The van der Waals surface area contributed by atoms with Gasteiger partial charge in [0.15, 0.2) is 0 Å². The van der Waals surface area contributed by atoms with E-state index in [-0.39, 0.29) is 0 Å². The third-order valence-corrected chi connectivity index (χ3v) is 4.57. The number of nitrogens with zero attached hydrogens (tertiary/aromatic N) is 1. The summed E-state index contributed by atoms with van der Waals surface area (Å²) >= 11 is 0. The Kier molecular flexibility index (Phi) is 5.46. The van der Waals surface area contributed by atoms with E-state index in [2.05, 4.69) is 51.8 Å². The van der Waals surface area contributed by atoms with Gasteiger partial charge in [-0.2, -0.15) is 0 Å². The number of likely N-dealkylation sites (tertiary alicyclic amines) is 1. The smallest absolute Gasteiger partial charge is 0.0102 e. The van der Waals surface area contributed by atoms with E-state index in [1.807, 2.05) is 0 Å². The van der Waals surface area contributed by atoms with Crippen LogP contribution in [0.25, 0.3) is 0 Å². The van der Waals surface area contributed by atoms with Gasteiger partial charge in [0.25, 0.3) is 0 Å². The zero-order valence-corrected chi connectivity index (χ0v) is 12.7. The molecular formula is C15H32N2. The van der Waals surface area contributed by atoms with Gasteiger partial charge in [-0.15, -0.1) is 0 Å². The molecule has 0 aromatic rings. The van der Waals surface area contributed by atoms with E-state index < -0.39 is 0 Å². The molecule has 1 heterocycles. The third kappa shape index (κ3) is 4.26. The summed E-state index contributed by atoms with van der Waals surface area (Å²) in [5.41, 5.74) is 0.360. The average molecular weight is 240 g/mol. The highest BCUT2D eigenvalue weighted by atomic mass is 15.2. The van der Waals surface area contributed by atoms with Crippen molar-refractivity contribution in [2.75, 3.05) is 26.2 Å². The first-order valence-electron chi connectivity index (χ1n) is 7.32. The van der Waals surface area contributed by atoms with E-state index in [0.717, 1.165) is 18.4 Å². The lowest BCUT2D eigenvalue weighted by atomic mass is 9.84. The van der Waals surface area contributed by atoms with E-state index in [9.17, 15) is 0 Å². The second-order valence-electron chi connectivity index (χ2n) is 6.81. The summed E-state index contributed by atoms with van der Waals surface area (Å²) < 4.78 is 0. The summed E-state index contributed by atoms with van der Waals surface area (Å²) in [6, 6.07) is 0.591. The summed E-state index contributed by atoms with van der Waals surface area (Å²) in [5.74, 6) is 1.73. The zero-order chi connectivity index (χ0) is 13.1. The van der Waals surface area contributed by atoms with Crippen molar-refractivity contribution in [1.29, 1.82) is 0 Å². The molecule has 0 bridgehead atoms. The molecule has 102 valence electrons. The third-order valence-electron chi connectivity index (χ3n) is 4.57. The monoisotopic (exact) mass is 240 g/mol. The van der Waals surface area contributed by atoms with Crippen molar-refractivity contribution < 1.29 is 0 Å². The molecule has 1 rings (SSSR count). The fourth-order valence-electron chi connectivity index (χ4n) is 2.73. The van der Waals surface area contributed by atoms with Crippen LogP contribution in [0.2, 0.25) is 0 Å². The average Bonchev–Trinajstić information content (AvgIpc) is 2.53. The first kappa shape index (κ1) is 15.0. The Morgan fingerprint density at radius 3 is 2.24 bits per heavy atom. The minimum Gasteiger partial charge on any atom is -0.314 e. The van der Waals surface area contributed by atoms with Crippen LogP contribution in [0.1, 0.15) is 48.0 Å². The van der Waals surface area contributed by atoms with E-state index in [1.54, 1.807) is 0 Å². The lowest BCUT2D eigenvalue weighted by Crippen LogP contribution is -2.46. The minimum absolute atomic E-state index is 0.360. The van der Waals surface area contributed by atoms with Crippen LogP contribution in [0.4, 0.5) is 0 Å². The zero-order valence-electron chi connectivity index (χ0n) is 12.7. The summed E-state index contributed by atoms with van der Waals surface area (Å²) in [6.45, 7) is 19.1. The van der Waals surface area contributed by atoms with Crippen LogP contribution in [-0.4, -0.2) is 37.1 Å². The van der Waals surface area contributed by atoms with Gasteiger partial charge in [-0.25, -0.2) is 0 Å². The molecule has 1 fully saturated rings. The van der Waals surface area contributed by atoms with E-state index in [0.29, 0.717) is 11.5 Å². The van der Waals surface area contributed by atoms with Crippen molar-refractivity contribution in [3.63, 3.8) is 0 Å². The fourth-order valence-corrected chi connectivity index (χ4v) is 2.73.